The van der Waals surface area contributed by atoms with Crippen LogP contribution in [0.15, 0.2) is 48.9 Å². The van der Waals surface area contributed by atoms with Crippen LogP contribution < -0.4 is 5.32 Å². The highest BCUT2D eigenvalue weighted by atomic mass is 16.5. The lowest BCUT2D eigenvalue weighted by Gasteiger charge is -2.34. The van der Waals surface area contributed by atoms with Gasteiger partial charge in [0.15, 0.2) is 5.82 Å². The number of nitrogens with zero attached hydrogens (tertiary/aromatic N) is 6. The number of hydrogen-bond donors (Lipinski definition) is 2. The van der Waals surface area contributed by atoms with E-state index in [2.05, 4.69) is 54.1 Å². The monoisotopic (exact) mass is 574 g/mol. The highest BCUT2D eigenvalue weighted by molar-refractivity contribution is 5.96. The van der Waals surface area contributed by atoms with Crippen LogP contribution in [0.3, 0.4) is 0 Å². The number of piperazine rings is 1. The number of hydrogen-bond acceptors (Lipinski definition) is 9. The van der Waals surface area contributed by atoms with Crippen LogP contribution in [0.5, 0.6) is 0 Å². The number of fused-ring (bicyclic) bond motifs is 1. The van der Waals surface area contributed by atoms with Crippen molar-refractivity contribution < 1.29 is 14.3 Å². The Morgan fingerprint density at radius 2 is 1.67 bits per heavy atom. The van der Waals surface area contributed by atoms with Crippen molar-refractivity contribution >= 4 is 23.1 Å². The Morgan fingerprint density at radius 1 is 0.929 bits per heavy atom. The van der Waals surface area contributed by atoms with Gasteiger partial charge in [0.2, 0.25) is 5.95 Å². The van der Waals surface area contributed by atoms with Gasteiger partial charge in [0.25, 0.3) is 0 Å². The molecule has 42 heavy (non-hydrogen) atoms. The lowest BCUT2D eigenvalue weighted by Crippen LogP contribution is -2.46. The van der Waals surface area contributed by atoms with Crippen molar-refractivity contribution in [3.05, 3.63) is 54.6 Å². The molecule has 1 aliphatic rings. The van der Waals surface area contributed by atoms with Gasteiger partial charge >= 0.3 is 6.09 Å². The highest BCUT2D eigenvalue weighted by Gasteiger charge is 2.18. The molecule has 0 aliphatic carbocycles. The molecule has 1 saturated heterocycles. The van der Waals surface area contributed by atoms with Crippen LogP contribution in [-0.4, -0.2) is 93.4 Å². The highest BCUT2D eigenvalue weighted by Crippen LogP contribution is 2.32. The smallest absolute Gasteiger partial charge is 0.413 e. The Kier molecular flexibility index (Phi) is 11.7. The lowest BCUT2D eigenvalue weighted by atomic mass is 10.0. The third kappa shape index (κ3) is 8.54. The lowest BCUT2D eigenvalue weighted by molar-refractivity contribution is 0.126. The second kappa shape index (κ2) is 15.9. The second-order valence-electron chi connectivity index (χ2n) is 9.86. The van der Waals surface area contributed by atoms with Crippen LogP contribution in [0.1, 0.15) is 39.8 Å². The van der Waals surface area contributed by atoms with Crippen molar-refractivity contribution in [2.75, 3.05) is 57.9 Å². The molecule has 224 valence electrons. The fraction of sp³-hybridized carbons (Fsp3) is 0.452. The molecule has 0 unspecified atom stereocenters. The zero-order chi connectivity index (χ0) is 29.7. The number of nitrogens with one attached hydrogen (secondary N) is 2. The van der Waals surface area contributed by atoms with Crippen molar-refractivity contribution in [3.63, 3.8) is 0 Å². The summed E-state index contributed by atoms with van der Waals surface area (Å²) in [5.41, 5.74) is 5.16. The Balaban J connectivity index is 0.000000748. The number of H-pyrrole nitrogens is 1. The number of anilines is 1. The van der Waals surface area contributed by atoms with E-state index < -0.39 is 6.09 Å². The molecule has 1 aliphatic heterocycles. The standard InChI is InChI=1S/C27H32N8O2.C4H10O/c1-3-10-34-11-13-35(14-12-34)18-21-7-6-19(17-30-21)20-15-22(25-28-8-5-9-29-25)24-23(16-20)31-26(32-24)33-27(36)37-4-2;1-3-5-4-2/h5-9,15-17H,3-4,10-14,18H2,1-2H3,(H2,31,32,33,36);3-4H2,1-2H3. The predicted molar refractivity (Wildman–Crippen MR) is 165 cm³/mol. The van der Waals surface area contributed by atoms with E-state index in [1.807, 2.05) is 32.2 Å². The van der Waals surface area contributed by atoms with E-state index in [4.69, 9.17) is 14.5 Å². The van der Waals surface area contributed by atoms with E-state index in [-0.39, 0.29) is 6.61 Å². The number of amides is 1. The van der Waals surface area contributed by atoms with Crippen LogP contribution in [0.25, 0.3) is 33.5 Å². The minimum Gasteiger partial charge on any atom is -0.450 e. The quantitative estimate of drug-likeness (QED) is 0.262. The number of benzene rings is 1. The van der Waals surface area contributed by atoms with Gasteiger partial charge < -0.3 is 19.4 Å². The van der Waals surface area contributed by atoms with E-state index in [1.54, 1.807) is 25.4 Å². The maximum Gasteiger partial charge on any atom is 0.413 e. The first-order valence-corrected chi connectivity index (χ1v) is 14.8. The van der Waals surface area contributed by atoms with E-state index in [9.17, 15) is 4.79 Å². The minimum absolute atomic E-state index is 0.275. The number of imidazole rings is 1. The van der Waals surface area contributed by atoms with E-state index >= 15 is 0 Å². The van der Waals surface area contributed by atoms with Crippen molar-refractivity contribution in [2.45, 2.75) is 40.7 Å². The van der Waals surface area contributed by atoms with Gasteiger partial charge in [-0.3, -0.25) is 15.2 Å². The Hall–Kier alpha value is -3.93. The number of aromatic amines is 1. The number of aromatic nitrogens is 5. The molecule has 1 amide bonds. The van der Waals surface area contributed by atoms with Crippen LogP contribution in [0.4, 0.5) is 10.7 Å². The van der Waals surface area contributed by atoms with Crippen molar-refractivity contribution in [3.8, 4) is 22.5 Å². The predicted octanol–water partition coefficient (Wildman–Crippen LogP) is 5.22. The van der Waals surface area contributed by atoms with Gasteiger partial charge in [-0.05, 0) is 63.6 Å². The number of carbonyl (C=O) groups excluding carboxylic acids is 1. The Labute approximate surface area is 247 Å². The van der Waals surface area contributed by atoms with Crippen molar-refractivity contribution in [1.82, 2.24) is 34.7 Å². The number of ether oxygens (including phenoxy) is 2. The largest absolute Gasteiger partial charge is 0.450 e. The topological polar surface area (TPSA) is 121 Å². The summed E-state index contributed by atoms with van der Waals surface area (Å²) in [5, 5.41) is 2.64. The maximum atomic E-state index is 11.9. The molecule has 0 atom stereocenters. The number of pyridine rings is 1. The maximum absolute atomic E-state index is 11.9. The summed E-state index contributed by atoms with van der Waals surface area (Å²) in [6.07, 6.45) is 5.95. The molecule has 0 spiro atoms. The first-order chi connectivity index (χ1) is 20.5. The molecule has 4 heterocycles. The molecule has 11 heteroatoms. The van der Waals surface area contributed by atoms with Gasteiger partial charge in [-0.2, -0.15) is 0 Å². The molecular formula is C31H42N8O3. The summed E-state index contributed by atoms with van der Waals surface area (Å²) >= 11 is 0. The number of carbonyl (C=O) groups is 1. The van der Waals surface area contributed by atoms with Gasteiger partial charge in [-0.1, -0.05) is 13.0 Å². The molecule has 0 radical (unpaired) electrons. The average Bonchev–Trinajstić information content (AvgIpc) is 3.41. The summed E-state index contributed by atoms with van der Waals surface area (Å²) in [5.74, 6) is 0.852. The van der Waals surface area contributed by atoms with Gasteiger partial charge in [-0.15, -0.1) is 0 Å². The zero-order valence-corrected chi connectivity index (χ0v) is 25.1. The van der Waals surface area contributed by atoms with E-state index in [0.717, 1.165) is 73.8 Å². The number of rotatable bonds is 10. The zero-order valence-electron chi connectivity index (χ0n) is 25.1. The van der Waals surface area contributed by atoms with Crippen LogP contribution in [0, 0.1) is 0 Å². The third-order valence-corrected chi connectivity index (χ3v) is 6.85. The van der Waals surface area contributed by atoms with Gasteiger partial charge in [0.1, 0.15) is 5.52 Å². The van der Waals surface area contributed by atoms with E-state index in [0.29, 0.717) is 17.3 Å². The SMILES string of the molecule is CCCN1CCN(Cc2ccc(-c3cc(-c4ncccn4)c4nc(NC(=O)OCC)[nH]c4c3)cn2)CC1.CCOCC. The molecule has 1 fully saturated rings. The summed E-state index contributed by atoms with van der Waals surface area (Å²) in [6.45, 7) is 16.3. The summed E-state index contributed by atoms with van der Waals surface area (Å²) in [4.78, 5) is 38.3. The summed E-state index contributed by atoms with van der Waals surface area (Å²) < 4.78 is 9.82. The second-order valence-corrected chi connectivity index (χ2v) is 9.86. The summed E-state index contributed by atoms with van der Waals surface area (Å²) in [7, 11) is 0. The average molecular weight is 575 g/mol. The normalized spacial score (nSPS) is 13.9. The molecule has 11 nitrogen and oxygen atoms in total. The first kappa shape index (κ1) is 31.0. The Bertz CT molecular complexity index is 1380. The van der Waals surface area contributed by atoms with E-state index in [1.165, 1.54) is 13.0 Å². The van der Waals surface area contributed by atoms with Crippen LogP contribution in [0.2, 0.25) is 0 Å². The molecule has 3 aromatic heterocycles. The minimum atomic E-state index is -0.564. The fourth-order valence-electron chi connectivity index (χ4n) is 4.83. The fourth-order valence-corrected chi connectivity index (χ4v) is 4.83. The van der Waals surface area contributed by atoms with Gasteiger partial charge in [0.05, 0.1) is 17.8 Å². The van der Waals surface area contributed by atoms with Crippen LogP contribution in [-0.2, 0) is 16.0 Å². The first-order valence-electron chi connectivity index (χ1n) is 14.8. The Morgan fingerprint density at radius 3 is 2.29 bits per heavy atom. The van der Waals surface area contributed by atoms with Crippen molar-refractivity contribution in [1.29, 1.82) is 0 Å². The molecular weight excluding hydrogens is 532 g/mol. The summed E-state index contributed by atoms with van der Waals surface area (Å²) in [6, 6.07) is 9.97. The molecule has 0 saturated carbocycles. The molecule has 2 N–H and O–H groups in total. The van der Waals surface area contributed by atoms with Gasteiger partial charge in [0, 0.05) is 75.7 Å². The third-order valence-electron chi connectivity index (χ3n) is 6.85. The van der Waals surface area contributed by atoms with Crippen molar-refractivity contribution in [2.24, 2.45) is 0 Å². The molecule has 4 aromatic rings. The van der Waals surface area contributed by atoms with Gasteiger partial charge in [-0.25, -0.2) is 19.7 Å². The molecule has 0 bridgehead atoms. The van der Waals surface area contributed by atoms with Crippen LogP contribution >= 0.6 is 0 Å². The molecule has 5 rings (SSSR count). The molecule has 1 aromatic carbocycles.